The number of carbonyl (C=O) groups excluding carboxylic acids is 1. The lowest BCUT2D eigenvalue weighted by Crippen LogP contribution is -2.22. The second-order valence-corrected chi connectivity index (χ2v) is 7.33. The summed E-state index contributed by atoms with van der Waals surface area (Å²) in [5.74, 6) is -0.784. The lowest BCUT2D eigenvalue weighted by atomic mass is 9.92. The number of benzene rings is 3. The number of carbonyl (C=O) groups is 1. The number of methoxy groups -OCH3 is 1. The lowest BCUT2D eigenvalue weighted by Gasteiger charge is -2.17. The highest BCUT2D eigenvalue weighted by atomic mass is 19.4. The molecule has 0 aliphatic rings. The molecule has 5 nitrogen and oxygen atoms in total. The van der Waals surface area contributed by atoms with Crippen LogP contribution in [-0.4, -0.2) is 31.8 Å². The largest absolute Gasteiger partial charge is 0.573 e. The number of esters is 1. The summed E-state index contributed by atoms with van der Waals surface area (Å²) in [4.78, 5) is 17.4. The van der Waals surface area contributed by atoms with Crippen molar-refractivity contribution in [2.45, 2.75) is 26.1 Å². The molecule has 0 radical (unpaired) electrons. The molecule has 0 amide bonds. The van der Waals surface area contributed by atoms with Crippen LogP contribution < -0.4 is 9.47 Å². The van der Waals surface area contributed by atoms with Gasteiger partial charge in [-0.2, -0.15) is 0 Å². The monoisotopic (exact) mass is 471 g/mol. The first-order valence-corrected chi connectivity index (χ1v) is 10.5. The maximum atomic E-state index is 12.8. The van der Waals surface area contributed by atoms with Gasteiger partial charge in [-0.05, 0) is 54.8 Å². The SMILES string of the molecule is CCOC(=O)C(/C(C)=N\c1cccc(OC)c1)c1ccc(-c2ccc(OC(F)(F)F)cc2)cc1. The van der Waals surface area contributed by atoms with Crippen molar-refractivity contribution in [2.24, 2.45) is 4.99 Å². The fourth-order valence-electron chi connectivity index (χ4n) is 3.44. The third-order valence-electron chi connectivity index (χ3n) is 4.96. The van der Waals surface area contributed by atoms with Gasteiger partial charge in [0.05, 0.1) is 19.4 Å². The Hall–Kier alpha value is -3.81. The van der Waals surface area contributed by atoms with Crippen molar-refractivity contribution < 1.29 is 32.2 Å². The first-order chi connectivity index (χ1) is 16.2. The summed E-state index contributed by atoms with van der Waals surface area (Å²) >= 11 is 0. The van der Waals surface area contributed by atoms with E-state index < -0.39 is 18.2 Å². The Morgan fingerprint density at radius 1 is 0.941 bits per heavy atom. The minimum atomic E-state index is -4.74. The number of hydrogen-bond acceptors (Lipinski definition) is 5. The molecule has 0 aliphatic heterocycles. The molecule has 0 fully saturated rings. The second-order valence-electron chi connectivity index (χ2n) is 7.33. The molecular weight excluding hydrogens is 447 g/mol. The molecule has 1 atom stereocenters. The van der Waals surface area contributed by atoms with Crippen LogP contribution in [0.2, 0.25) is 0 Å². The average Bonchev–Trinajstić information content (AvgIpc) is 2.79. The van der Waals surface area contributed by atoms with Gasteiger partial charge in [-0.3, -0.25) is 9.79 Å². The third kappa shape index (κ3) is 6.60. The van der Waals surface area contributed by atoms with Gasteiger partial charge in [-0.25, -0.2) is 0 Å². The first-order valence-electron chi connectivity index (χ1n) is 10.5. The molecule has 0 aliphatic carbocycles. The van der Waals surface area contributed by atoms with Crippen molar-refractivity contribution in [3.05, 3.63) is 78.4 Å². The van der Waals surface area contributed by atoms with Gasteiger partial charge in [-0.15, -0.1) is 13.2 Å². The van der Waals surface area contributed by atoms with Crippen molar-refractivity contribution >= 4 is 17.4 Å². The maximum absolute atomic E-state index is 12.8. The second kappa shape index (κ2) is 10.9. The zero-order valence-corrected chi connectivity index (χ0v) is 18.9. The van der Waals surface area contributed by atoms with Gasteiger partial charge >= 0.3 is 12.3 Å². The molecule has 3 aromatic rings. The topological polar surface area (TPSA) is 57.1 Å². The van der Waals surface area contributed by atoms with Crippen molar-refractivity contribution in [3.8, 4) is 22.6 Å². The summed E-state index contributed by atoms with van der Waals surface area (Å²) in [6.45, 7) is 3.72. The molecule has 0 spiro atoms. The maximum Gasteiger partial charge on any atom is 0.573 e. The summed E-state index contributed by atoms with van der Waals surface area (Å²) in [6, 6.07) is 19.9. The van der Waals surface area contributed by atoms with Gasteiger partial charge in [0.2, 0.25) is 0 Å². The highest BCUT2D eigenvalue weighted by Gasteiger charge is 2.31. The number of rotatable bonds is 8. The van der Waals surface area contributed by atoms with E-state index in [4.69, 9.17) is 9.47 Å². The molecule has 8 heteroatoms. The normalized spacial score (nSPS) is 12.7. The third-order valence-corrected chi connectivity index (χ3v) is 4.96. The Morgan fingerprint density at radius 2 is 1.56 bits per heavy atom. The van der Waals surface area contributed by atoms with Crippen molar-refractivity contribution in [3.63, 3.8) is 0 Å². The number of alkyl halides is 3. The fourth-order valence-corrected chi connectivity index (χ4v) is 3.44. The van der Waals surface area contributed by atoms with E-state index in [9.17, 15) is 18.0 Å². The van der Waals surface area contributed by atoms with Gasteiger partial charge in [0.15, 0.2) is 0 Å². The van der Waals surface area contributed by atoms with E-state index in [1.165, 1.54) is 24.3 Å². The minimum absolute atomic E-state index is 0.228. The van der Waals surface area contributed by atoms with Crippen molar-refractivity contribution in [1.82, 2.24) is 0 Å². The molecule has 0 N–H and O–H groups in total. The molecule has 3 rings (SSSR count). The number of ether oxygens (including phenoxy) is 3. The van der Waals surface area contributed by atoms with Gasteiger partial charge in [-0.1, -0.05) is 42.5 Å². The van der Waals surface area contributed by atoms with E-state index in [2.05, 4.69) is 9.73 Å². The minimum Gasteiger partial charge on any atom is -0.497 e. The molecule has 1 unspecified atom stereocenters. The van der Waals surface area contributed by atoms with Crippen LogP contribution in [0.25, 0.3) is 11.1 Å². The van der Waals surface area contributed by atoms with E-state index in [1.54, 1.807) is 57.4 Å². The van der Waals surface area contributed by atoms with Crippen LogP contribution in [0, 0.1) is 0 Å². The molecule has 178 valence electrons. The molecule has 0 saturated heterocycles. The smallest absolute Gasteiger partial charge is 0.497 e. The van der Waals surface area contributed by atoms with Crippen LogP contribution in [0.5, 0.6) is 11.5 Å². The zero-order chi connectivity index (χ0) is 24.7. The van der Waals surface area contributed by atoms with Crippen molar-refractivity contribution in [1.29, 1.82) is 0 Å². The summed E-state index contributed by atoms with van der Waals surface area (Å²) in [7, 11) is 1.57. The highest BCUT2D eigenvalue weighted by molar-refractivity contribution is 6.07. The zero-order valence-electron chi connectivity index (χ0n) is 18.9. The Labute approximate surface area is 195 Å². The van der Waals surface area contributed by atoms with Crippen LogP contribution >= 0.6 is 0 Å². The Morgan fingerprint density at radius 3 is 2.12 bits per heavy atom. The first kappa shape index (κ1) is 24.8. The quantitative estimate of drug-likeness (QED) is 0.271. The fraction of sp³-hybridized carbons (Fsp3) is 0.231. The van der Waals surface area contributed by atoms with E-state index in [0.29, 0.717) is 28.3 Å². The van der Waals surface area contributed by atoms with Crippen LogP contribution in [0.3, 0.4) is 0 Å². The highest BCUT2D eigenvalue weighted by Crippen LogP contribution is 2.29. The summed E-state index contributed by atoms with van der Waals surface area (Å²) in [6.07, 6.45) is -4.74. The molecule has 0 aromatic heterocycles. The Balaban J connectivity index is 1.87. The molecule has 0 saturated carbocycles. The summed E-state index contributed by atoms with van der Waals surface area (Å²) < 4.78 is 51.5. The lowest BCUT2D eigenvalue weighted by molar-refractivity contribution is -0.274. The van der Waals surface area contributed by atoms with Crippen molar-refractivity contribution in [2.75, 3.05) is 13.7 Å². The van der Waals surface area contributed by atoms with Crippen LogP contribution in [0.1, 0.15) is 25.3 Å². The van der Waals surface area contributed by atoms with Gasteiger partial charge in [0, 0.05) is 11.8 Å². The van der Waals surface area contributed by atoms with Crippen LogP contribution in [-0.2, 0) is 9.53 Å². The van der Waals surface area contributed by atoms with E-state index in [0.717, 1.165) is 5.56 Å². The van der Waals surface area contributed by atoms with Gasteiger partial charge in [0.25, 0.3) is 0 Å². The van der Waals surface area contributed by atoms with Crippen LogP contribution in [0.4, 0.5) is 18.9 Å². The Bertz CT molecular complexity index is 1140. The predicted molar refractivity (Wildman–Crippen MR) is 124 cm³/mol. The van der Waals surface area contributed by atoms with E-state index in [1.807, 2.05) is 12.1 Å². The summed E-state index contributed by atoms with van der Waals surface area (Å²) in [5.41, 5.74) is 3.35. The predicted octanol–water partition coefficient (Wildman–Crippen LogP) is 6.70. The molecular formula is C26H24F3NO4. The Kier molecular flexibility index (Phi) is 7.94. The molecule has 34 heavy (non-hydrogen) atoms. The van der Waals surface area contributed by atoms with Gasteiger partial charge < -0.3 is 14.2 Å². The molecule has 0 heterocycles. The standard InChI is InChI=1S/C26H24F3NO4/c1-4-33-25(31)24(17(2)30-21-6-5-7-23(16-21)32-3)20-10-8-18(9-11-20)19-12-14-22(15-13-19)34-26(27,28)29/h5-16,24H,4H2,1-3H3/b30-17-. The number of nitrogens with zero attached hydrogens (tertiary/aromatic N) is 1. The van der Waals surface area contributed by atoms with E-state index in [-0.39, 0.29) is 12.4 Å². The average molecular weight is 471 g/mol. The number of hydrogen-bond donors (Lipinski definition) is 0. The van der Waals surface area contributed by atoms with E-state index >= 15 is 0 Å². The van der Waals surface area contributed by atoms with Crippen LogP contribution in [0.15, 0.2) is 77.8 Å². The molecule has 0 bridgehead atoms. The van der Waals surface area contributed by atoms with Gasteiger partial charge in [0.1, 0.15) is 17.4 Å². The summed E-state index contributed by atoms with van der Waals surface area (Å²) in [5, 5.41) is 0. The molecule has 3 aromatic carbocycles. The number of halogens is 3. The number of aliphatic imine (C=N–C) groups is 1.